The monoisotopic (exact) mass is 393 g/mol. The highest BCUT2D eigenvalue weighted by Crippen LogP contribution is 2.33. The lowest BCUT2D eigenvalue weighted by molar-refractivity contribution is -0.138. The molecule has 0 radical (unpaired) electrons. The van der Waals surface area contributed by atoms with Crippen molar-refractivity contribution in [2.24, 2.45) is 0 Å². The van der Waals surface area contributed by atoms with Crippen LogP contribution in [0.25, 0.3) is 0 Å². The van der Waals surface area contributed by atoms with E-state index in [9.17, 15) is 15.2 Å². The number of fused-ring (bicyclic) bond motifs is 1. The minimum Gasteiger partial charge on any atom is -0.483 e. The molecule has 6 heteroatoms. The molecule has 1 aliphatic heterocycles. The molecule has 0 aromatic heterocycles. The second kappa shape index (κ2) is 9.44. The maximum atomic E-state index is 11.2. The lowest BCUT2D eigenvalue weighted by Gasteiger charge is -2.33. The Balaban J connectivity index is 1.60. The second-order valence-electron chi connectivity index (χ2n) is 7.36. The van der Waals surface area contributed by atoms with E-state index in [1.807, 2.05) is 36.4 Å². The molecule has 1 heterocycles. The lowest BCUT2D eigenvalue weighted by atomic mass is 9.98. The number of nitriles is 1. The Hall–Kier alpha value is -3.04. The number of aliphatic carboxylic acids is 1. The number of hydrogen-bond donors (Lipinski definition) is 3. The van der Waals surface area contributed by atoms with Crippen LogP contribution in [0.4, 0.5) is 5.69 Å². The maximum Gasteiger partial charge on any atom is 0.310 e. The zero-order valence-electron chi connectivity index (χ0n) is 16.8. The first-order valence-electron chi connectivity index (χ1n) is 10.0. The average molecular weight is 393 g/mol. The molecule has 3 N–H and O–H groups in total. The third-order valence-corrected chi connectivity index (χ3v) is 5.43. The minimum atomic E-state index is -0.815. The predicted octanol–water partition coefficient (Wildman–Crippen LogP) is 3.53. The van der Waals surface area contributed by atoms with Crippen LogP contribution < -0.4 is 15.4 Å². The van der Waals surface area contributed by atoms with Crippen LogP contribution in [0.2, 0.25) is 0 Å². The highest BCUT2D eigenvalue weighted by Gasteiger charge is 2.27. The maximum absolute atomic E-state index is 11.2. The van der Waals surface area contributed by atoms with Gasteiger partial charge in [-0.05, 0) is 49.6 Å². The number of carbonyl (C=O) groups is 1. The van der Waals surface area contributed by atoms with Gasteiger partial charge >= 0.3 is 5.97 Å². The van der Waals surface area contributed by atoms with Crippen molar-refractivity contribution in [1.29, 1.82) is 5.26 Å². The quantitative estimate of drug-likeness (QED) is 0.635. The largest absolute Gasteiger partial charge is 0.483 e. The third-order valence-electron chi connectivity index (χ3n) is 5.43. The first kappa shape index (κ1) is 20.7. The van der Waals surface area contributed by atoms with E-state index in [1.165, 1.54) is 0 Å². The Morgan fingerprint density at radius 2 is 2.17 bits per heavy atom. The van der Waals surface area contributed by atoms with E-state index in [2.05, 4.69) is 23.6 Å². The number of benzene rings is 2. The van der Waals surface area contributed by atoms with Crippen molar-refractivity contribution in [2.75, 3.05) is 18.4 Å². The van der Waals surface area contributed by atoms with Crippen LogP contribution in [0.1, 0.15) is 42.9 Å². The van der Waals surface area contributed by atoms with E-state index < -0.39 is 11.9 Å². The molecule has 29 heavy (non-hydrogen) atoms. The summed E-state index contributed by atoms with van der Waals surface area (Å²) in [4.78, 5) is 11.2. The molecular weight excluding hydrogens is 366 g/mol. The van der Waals surface area contributed by atoms with Crippen LogP contribution in [0.3, 0.4) is 0 Å². The fourth-order valence-electron chi connectivity index (χ4n) is 3.62. The van der Waals surface area contributed by atoms with Gasteiger partial charge in [-0.3, -0.25) is 4.79 Å². The molecule has 0 saturated heterocycles. The number of carboxylic acid groups (broad SMARTS) is 1. The van der Waals surface area contributed by atoms with Gasteiger partial charge in [0.25, 0.3) is 0 Å². The predicted molar refractivity (Wildman–Crippen MR) is 112 cm³/mol. The van der Waals surface area contributed by atoms with Crippen LogP contribution in [0, 0.1) is 11.3 Å². The Morgan fingerprint density at radius 1 is 1.38 bits per heavy atom. The van der Waals surface area contributed by atoms with Crippen molar-refractivity contribution in [3.63, 3.8) is 0 Å². The van der Waals surface area contributed by atoms with E-state index in [0.29, 0.717) is 17.9 Å². The van der Waals surface area contributed by atoms with Gasteiger partial charge < -0.3 is 20.5 Å². The van der Waals surface area contributed by atoms with Crippen LogP contribution in [-0.4, -0.2) is 36.3 Å². The molecule has 0 saturated carbocycles. The van der Waals surface area contributed by atoms with E-state index in [4.69, 9.17) is 4.74 Å². The number of para-hydroxylation sites is 1. The third kappa shape index (κ3) is 4.87. The van der Waals surface area contributed by atoms with Gasteiger partial charge in [-0.2, -0.15) is 5.26 Å². The number of nitrogens with one attached hydrogen (secondary N) is 2. The molecule has 3 atom stereocenters. The molecule has 152 valence electrons. The fraction of sp³-hybridized carbons (Fsp3) is 0.391. The smallest absolute Gasteiger partial charge is 0.310 e. The molecule has 2 aromatic rings. The van der Waals surface area contributed by atoms with Gasteiger partial charge in [0.05, 0.1) is 23.7 Å². The number of carboxylic acids is 1. The molecule has 0 bridgehead atoms. The lowest BCUT2D eigenvalue weighted by Crippen LogP contribution is -2.48. The van der Waals surface area contributed by atoms with Crippen molar-refractivity contribution >= 4 is 11.7 Å². The number of anilines is 1. The Labute approximate surface area is 171 Å². The molecule has 0 amide bonds. The Bertz CT molecular complexity index is 906. The molecule has 0 fully saturated rings. The minimum absolute atomic E-state index is 0.0691. The van der Waals surface area contributed by atoms with E-state index in [-0.39, 0.29) is 12.1 Å². The Morgan fingerprint density at radius 3 is 2.90 bits per heavy atom. The first-order chi connectivity index (χ1) is 14.0. The summed E-state index contributed by atoms with van der Waals surface area (Å²) >= 11 is 0. The number of nitrogens with zero attached hydrogens (tertiary/aromatic N) is 1. The zero-order valence-corrected chi connectivity index (χ0v) is 16.8. The summed E-state index contributed by atoms with van der Waals surface area (Å²) in [6.45, 7) is 5.25. The zero-order chi connectivity index (χ0) is 20.8. The van der Waals surface area contributed by atoms with Crippen LogP contribution in [0.15, 0.2) is 42.5 Å². The van der Waals surface area contributed by atoms with Gasteiger partial charge in [0.15, 0.2) is 5.75 Å². The Kier molecular flexibility index (Phi) is 6.73. The normalized spacial score (nSPS) is 17.2. The van der Waals surface area contributed by atoms with E-state index >= 15 is 0 Å². The number of rotatable bonds is 8. The summed E-state index contributed by atoms with van der Waals surface area (Å²) in [6, 6.07) is 15.6. The van der Waals surface area contributed by atoms with Crippen LogP contribution >= 0.6 is 0 Å². The van der Waals surface area contributed by atoms with E-state index in [0.717, 1.165) is 36.2 Å². The summed E-state index contributed by atoms with van der Waals surface area (Å²) < 4.78 is 6.17. The van der Waals surface area contributed by atoms with Crippen molar-refractivity contribution in [2.45, 2.75) is 44.8 Å². The van der Waals surface area contributed by atoms with Crippen molar-refractivity contribution in [3.05, 3.63) is 59.2 Å². The molecular formula is C23H27N3O3. The molecule has 0 unspecified atom stereocenters. The summed E-state index contributed by atoms with van der Waals surface area (Å²) in [6.07, 6.45) is 1.63. The van der Waals surface area contributed by atoms with Crippen molar-refractivity contribution in [1.82, 2.24) is 5.32 Å². The molecule has 0 spiro atoms. The van der Waals surface area contributed by atoms with Gasteiger partial charge in [0.1, 0.15) is 12.2 Å². The van der Waals surface area contributed by atoms with Gasteiger partial charge in [0, 0.05) is 6.04 Å². The molecule has 6 nitrogen and oxygen atoms in total. The highest BCUT2D eigenvalue weighted by molar-refractivity contribution is 5.75. The topological polar surface area (TPSA) is 94.4 Å². The first-order valence-corrected chi connectivity index (χ1v) is 10.0. The van der Waals surface area contributed by atoms with Crippen molar-refractivity contribution < 1.29 is 14.6 Å². The number of ether oxygens (including phenoxy) is 1. The van der Waals surface area contributed by atoms with Gasteiger partial charge in [-0.25, -0.2) is 0 Å². The standard InChI is InChI=1S/C23H27N3O3/c1-3-19(21-14-26-20-9-5-8-18(13-24)22(20)29-21)25-11-10-16-6-4-7-17(12-16)15(2)23(27)28/h4-9,12,15,19,21,25-26H,3,10-11,14H2,1-2H3,(H,27,28)/t15-,19-,21-/m1/s1. The molecule has 2 aromatic carbocycles. The van der Waals surface area contributed by atoms with Gasteiger partial charge in [-0.1, -0.05) is 37.3 Å². The van der Waals surface area contributed by atoms with Gasteiger partial charge in [0.2, 0.25) is 0 Å². The fourth-order valence-corrected chi connectivity index (χ4v) is 3.62. The summed E-state index contributed by atoms with van der Waals surface area (Å²) in [5.74, 6) is -0.699. The SMILES string of the molecule is CC[C@@H](NCCc1cccc([C@@H](C)C(=O)O)c1)[C@H]1CNc2cccc(C#N)c2O1. The van der Waals surface area contributed by atoms with Crippen molar-refractivity contribution in [3.8, 4) is 11.8 Å². The van der Waals surface area contributed by atoms with Gasteiger partial charge in [-0.15, -0.1) is 0 Å². The number of hydrogen-bond acceptors (Lipinski definition) is 5. The molecule has 3 rings (SSSR count). The molecule has 1 aliphatic rings. The summed E-state index contributed by atoms with van der Waals surface area (Å²) in [5.41, 5.74) is 3.33. The van der Waals surface area contributed by atoms with E-state index in [1.54, 1.807) is 13.0 Å². The highest BCUT2D eigenvalue weighted by atomic mass is 16.5. The molecule has 0 aliphatic carbocycles. The van der Waals surface area contributed by atoms with Crippen LogP contribution in [0.5, 0.6) is 5.75 Å². The van der Waals surface area contributed by atoms with Crippen LogP contribution in [-0.2, 0) is 11.2 Å². The summed E-state index contributed by atoms with van der Waals surface area (Å²) in [5, 5.41) is 25.5. The summed E-state index contributed by atoms with van der Waals surface area (Å²) in [7, 11) is 0. The second-order valence-corrected chi connectivity index (χ2v) is 7.36. The average Bonchev–Trinajstić information content (AvgIpc) is 2.75.